The van der Waals surface area contributed by atoms with Crippen LogP contribution in [0.1, 0.15) is 63.0 Å². The van der Waals surface area contributed by atoms with Gasteiger partial charge in [-0.2, -0.15) is 0 Å². The van der Waals surface area contributed by atoms with Crippen molar-refractivity contribution >= 4 is 11.6 Å². The fraction of sp³-hybridized carbons (Fsp3) is 0.0952. The third-order valence-electron chi connectivity index (χ3n) is 9.34. The number of aliphatic hydroxyl groups excluding tert-OH is 1. The van der Waals surface area contributed by atoms with E-state index in [0.29, 0.717) is 33.6 Å². The number of hydrogen-bond acceptors (Lipinski definition) is 10. The van der Waals surface area contributed by atoms with Gasteiger partial charge in [-0.1, -0.05) is 36.4 Å². The van der Waals surface area contributed by atoms with E-state index in [0.717, 1.165) is 0 Å². The average molecular weight is 699 g/mol. The first kappa shape index (κ1) is 33.7. The molecule has 1 aliphatic rings. The molecule has 262 valence electrons. The Morgan fingerprint density at radius 2 is 1.12 bits per heavy atom. The molecule has 9 N–H and O–H groups in total. The number of phenols is 8. The highest BCUT2D eigenvalue weighted by molar-refractivity contribution is 5.89. The van der Waals surface area contributed by atoms with Crippen molar-refractivity contribution in [1.82, 2.24) is 0 Å². The molecular weight excluding hydrogens is 664 g/mol. The predicted octanol–water partition coefficient (Wildman–Crippen LogP) is 7.66. The Balaban J connectivity index is 1.45. The van der Waals surface area contributed by atoms with Crippen molar-refractivity contribution in [1.29, 1.82) is 0 Å². The van der Waals surface area contributed by atoms with Crippen LogP contribution in [0.3, 0.4) is 0 Å². The van der Waals surface area contributed by atoms with Crippen LogP contribution in [0.2, 0.25) is 0 Å². The first-order valence-electron chi connectivity index (χ1n) is 16.3. The van der Waals surface area contributed by atoms with Crippen LogP contribution in [0.25, 0.3) is 11.6 Å². The number of benzene rings is 6. The topological polar surface area (TPSA) is 191 Å². The lowest BCUT2D eigenvalue weighted by molar-refractivity contribution is 0.163. The van der Waals surface area contributed by atoms with E-state index >= 15 is 0 Å². The SMILES string of the molecule is Oc1ccc([C@H]2Oc3ccc(/C=C(/c4cc(O)ccc4O)[C@@H](c4cc(O)ccc4O)[C@@H](O)c4ccc(O)cc4)cc3[C@@H]2c2cc(O)ccc2O)cc1. The van der Waals surface area contributed by atoms with Crippen molar-refractivity contribution in [2.45, 2.75) is 24.0 Å². The van der Waals surface area contributed by atoms with Gasteiger partial charge in [0.25, 0.3) is 0 Å². The fourth-order valence-corrected chi connectivity index (χ4v) is 6.85. The van der Waals surface area contributed by atoms with Gasteiger partial charge < -0.3 is 50.7 Å². The van der Waals surface area contributed by atoms with Crippen molar-refractivity contribution in [2.75, 3.05) is 0 Å². The number of aromatic hydroxyl groups is 8. The summed E-state index contributed by atoms with van der Waals surface area (Å²) in [5.41, 5.74) is 3.03. The number of phenolic OH excluding ortho intramolecular Hbond substituents is 8. The van der Waals surface area contributed by atoms with Crippen LogP contribution in [0.15, 0.2) is 121 Å². The Labute approximate surface area is 297 Å². The van der Waals surface area contributed by atoms with Gasteiger partial charge >= 0.3 is 0 Å². The molecule has 1 aliphatic heterocycles. The monoisotopic (exact) mass is 698 g/mol. The molecule has 0 saturated carbocycles. The highest BCUT2D eigenvalue weighted by Crippen LogP contribution is 2.53. The molecule has 7 rings (SSSR count). The van der Waals surface area contributed by atoms with E-state index in [2.05, 4.69) is 0 Å². The summed E-state index contributed by atoms with van der Waals surface area (Å²) in [6.07, 6.45) is -0.430. The third-order valence-corrected chi connectivity index (χ3v) is 9.34. The standard InChI is InChI=1S/C42H34O10/c43-25-6-2-23(3-7-25)41(51)39(32-20-28(46)11-14-36(32)49)31(30-19-27(45)10-13-35(30)48)17-22-1-16-38-34(18-22)40(33-21-29(47)12-15-37(33)50)42(52-38)24-4-8-26(44)9-5-24/h1-21,39-51H/b31-17-/t39-,40-,41-,42+/m0/s1. The number of aliphatic hydroxyl groups is 1. The van der Waals surface area contributed by atoms with E-state index in [-0.39, 0.29) is 62.7 Å². The molecule has 0 fully saturated rings. The van der Waals surface area contributed by atoms with Gasteiger partial charge in [0.1, 0.15) is 57.8 Å². The second-order valence-corrected chi connectivity index (χ2v) is 12.7. The highest BCUT2D eigenvalue weighted by Gasteiger charge is 2.39. The first-order chi connectivity index (χ1) is 25.0. The molecule has 0 amide bonds. The Hall–Kier alpha value is -6.78. The molecule has 0 radical (unpaired) electrons. The fourth-order valence-electron chi connectivity index (χ4n) is 6.85. The van der Waals surface area contributed by atoms with Crippen molar-refractivity contribution in [3.05, 3.63) is 160 Å². The van der Waals surface area contributed by atoms with Gasteiger partial charge in [-0.3, -0.25) is 0 Å². The van der Waals surface area contributed by atoms with Gasteiger partial charge in [-0.25, -0.2) is 0 Å². The lowest BCUT2D eigenvalue weighted by Gasteiger charge is -2.28. The molecule has 10 nitrogen and oxygen atoms in total. The zero-order valence-corrected chi connectivity index (χ0v) is 27.4. The maximum atomic E-state index is 12.0. The second-order valence-electron chi connectivity index (χ2n) is 12.7. The largest absolute Gasteiger partial charge is 0.508 e. The molecule has 0 aromatic heterocycles. The number of hydrogen-bond donors (Lipinski definition) is 9. The molecule has 4 atom stereocenters. The van der Waals surface area contributed by atoms with Crippen LogP contribution < -0.4 is 4.74 Å². The minimum atomic E-state index is -1.42. The summed E-state index contributed by atoms with van der Waals surface area (Å²) in [7, 11) is 0. The molecule has 6 aromatic carbocycles. The molecule has 0 bridgehead atoms. The van der Waals surface area contributed by atoms with E-state index < -0.39 is 24.0 Å². The third kappa shape index (κ3) is 6.46. The van der Waals surface area contributed by atoms with E-state index in [1.807, 2.05) is 0 Å². The molecule has 0 saturated heterocycles. The van der Waals surface area contributed by atoms with Gasteiger partial charge in [0.05, 0.1) is 12.0 Å². The first-order valence-corrected chi connectivity index (χ1v) is 16.3. The van der Waals surface area contributed by atoms with E-state index in [9.17, 15) is 46.0 Å². The lowest BCUT2D eigenvalue weighted by atomic mass is 9.78. The zero-order chi connectivity index (χ0) is 36.7. The molecule has 0 unspecified atom stereocenters. The van der Waals surface area contributed by atoms with Gasteiger partial charge in [0.2, 0.25) is 0 Å². The van der Waals surface area contributed by atoms with Crippen LogP contribution in [0.5, 0.6) is 51.7 Å². The van der Waals surface area contributed by atoms with Crippen LogP contribution in [0.4, 0.5) is 0 Å². The summed E-state index contributed by atoms with van der Waals surface area (Å²) in [4.78, 5) is 0. The summed E-state index contributed by atoms with van der Waals surface area (Å²) in [6, 6.07) is 29.6. The van der Waals surface area contributed by atoms with Gasteiger partial charge in [0.15, 0.2) is 0 Å². The van der Waals surface area contributed by atoms with Gasteiger partial charge in [0, 0.05) is 28.2 Å². The van der Waals surface area contributed by atoms with Crippen molar-refractivity contribution < 1.29 is 50.7 Å². The molecule has 10 heteroatoms. The molecular formula is C42H34O10. The highest BCUT2D eigenvalue weighted by atomic mass is 16.5. The van der Waals surface area contributed by atoms with Crippen molar-refractivity contribution in [3.8, 4) is 51.7 Å². The maximum absolute atomic E-state index is 12.0. The van der Waals surface area contributed by atoms with E-state index in [1.54, 1.807) is 36.4 Å². The Bertz CT molecular complexity index is 2300. The summed E-state index contributed by atoms with van der Waals surface area (Å²) < 4.78 is 6.44. The lowest BCUT2D eigenvalue weighted by Crippen LogP contribution is -2.14. The molecule has 0 spiro atoms. The minimum Gasteiger partial charge on any atom is -0.508 e. The number of rotatable bonds is 8. The van der Waals surface area contributed by atoms with E-state index in [1.165, 1.54) is 91.0 Å². The van der Waals surface area contributed by atoms with Crippen LogP contribution >= 0.6 is 0 Å². The molecule has 52 heavy (non-hydrogen) atoms. The zero-order valence-electron chi connectivity index (χ0n) is 27.4. The Morgan fingerprint density at radius 3 is 1.81 bits per heavy atom. The smallest absolute Gasteiger partial charge is 0.135 e. The summed E-state index contributed by atoms with van der Waals surface area (Å²) >= 11 is 0. The van der Waals surface area contributed by atoms with Gasteiger partial charge in [-0.15, -0.1) is 0 Å². The molecule has 6 aromatic rings. The number of ether oxygens (including phenoxy) is 1. The van der Waals surface area contributed by atoms with Gasteiger partial charge in [-0.05, 0) is 113 Å². The summed E-state index contributed by atoms with van der Waals surface area (Å²) in [6.45, 7) is 0. The second kappa shape index (κ2) is 13.5. The van der Waals surface area contributed by atoms with Crippen molar-refractivity contribution in [3.63, 3.8) is 0 Å². The van der Waals surface area contributed by atoms with E-state index in [4.69, 9.17) is 4.74 Å². The van der Waals surface area contributed by atoms with Crippen LogP contribution in [-0.4, -0.2) is 46.0 Å². The van der Waals surface area contributed by atoms with Crippen LogP contribution in [-0.2, 0) is 0 Å². The summed E-state index contributed by atoms with van der Waals surface area (Å²) in [5.74, 6) is -2.34. The van der Waals surface area contributed by atoms with Crippen molar-refractivity contribution in [2.24, 2.45) is 0 Å². The number of fused-ring (bicyclic) bond motifs is 1. The van der Waals surface area contributed by atoms with Crippen LogP contribution in [0, 0.1) is 0 Å². The average Bonchev–Trinajstić information content (AvgIpc) is 3.50. The maximum Gasteiger partial charge on any atom is 0.135 e. The molecule has 0 aliphatic carbocycles. The summed E-state index contributed by atoms with van der Waals surface area (Å²) in [5, 5.41) is 96.9. The Kier molecular flexibility index (Phi) is 8.75. The Morgan fingerprint density at radius 1 is 0.538 bits per heavy atom. The normalized spacial score (nSPS) is 16.5. The minimum absolute atomic E-state index is 0.0348. The predicted molar refractivity (Wildman–Crippen MR) is 193 cm³/mol. The molecule has 1 heterocycles. The quantitative estimate of drug-likeness (QED) is 0.0563.